The zero-order valence-corrected chi connectivity index (χ0v) is 9.95. The third-order valence-corrected chi connectivity index (χ3v) is 2.75. The molecular weight excluding hydrogens is 184 g/mol. The van der Waals surface area contributed by atoms with Gasteiger partial charge in [0, 0.05) is 19.6 Å². The fourth-order valence-electron chi connectivity index (χ4n) is 1.76. The molecule has 0 amide bonds. The van der Waals surface area contributed by atoms with Crippen molar-refractivity contribution < 1.29 is 0 Å². The summed E-state index contributed by atoms with van der Waals surface area (Å²) in [5.41, 5.74) is 1.30. The average Bonchev–Trinajstić information content (AvgIpc) is 2.71. The molecule has 84 valence electrons. The van der Waals surface area contributed by atoms with E-state index in [4.69, 9.17) is 0 Å². The van der Waals surface area contributed by atoms with E-state index in [-0.39, 0.29) is 0 Å². The van der Waals surface area contributed by atoms with Gasteiger partial charge in [0.15, 0.2) is 0 Å². The molecule has 2 nitrogen and oxygen atoms in total. The summed E-state index contributed by atoms with van der Waals surface area (Å²) >= 11 is 0. The van der Waals surface area contributed by atoms with Gasteiger partial charge in [-0.05, 0) is 19.0 Å². The highest BCUT2D eigenvalue weighted by molar-refractivity contribution is 5.23. The topological polar surface area (TPSA) is 6.48 Å². The summed E-state index contributed by atoms with van der Waals surface area (Å²) in [6.45, 7) is 13.7. The highest BCUT2D eigenvalue weighted by atomic mass is 15.4. The molecule has 1 aliphatic rings. The molecular formula is C13H22N2. The van der Waals surface area contributed by atoms with Crippen molar-refractivity contribution in [3.8, 4) is 0 Å². The van der Waals surface area contributed by atoms with Crippen LogP contribution in [0.15, 0.2) is 36.5 Å². The highest BCUT2D eigenvalue weighted by Crippen LogP contribution is 2.08. The summed E-state index contributed by atoms with van der Waals surface area (Å²) in [4.78, 5) is 4.91. The van der Waals surface area contributed by atoms with Gasteiger partial charge in [-0.3, -0.25) is 9.80 Å². The molecule has 1 heterocycles. The van der Waals surface area contributed by atoms with E-state index >= 15 is 0 Å². The number of hydrogen-bond donors (Lipinski definition) is 0. The quantitative estimate of drug-likeness (QED) is 0.637. The first-order valence-corrected chi connectivity index (χ1v) is 5.69. The molecule has 1 rings (SSSR count). The van der Waals surface area contributed by atoms with E-state index in [0.717, 1.165) is 19.8 Å². The van der Waals surface area contributed by atoms with Gasteiger partial charge >= 0.3 is 0 Å². The second-order valence-corrected chi connectivity index (χ2v) is 3.88. The first-order chi connectivity index (χ1) is 7.30. The first kappa shape index (κ1) is 12.2. The Hall–Kier alpha value is -0.860. The van der Waals surface area contributed by atoms with Crippen molar-refractivity contribution in [2.45, 2.75) is 13.8 Å². The molecule has 0 aromatic rings. The van der Waals surface area contributed by atoms with Crippen molar-refractivity contribution >= 4 is 0 Å². The third kappa shape index (κ3) is 4.02. The molecule has 15 heavy (non-hydrogen) atoms. The largest absolute Gasteiger partial charge is 0.289 e. The summed E-state index contributed by atoms with van der Waals surface area (Å²) in [5, 5.41) is 0. The summed E-state index contributed by atoms with van der Waals surface area (Å²) in [6.07, 6.45) is 8.21. The zero-order valence-electron chi connectivity index (χ0n) is 9.95. The third-order valence-electron chi connectivity index (χ3n) is 2.75. The number of hydrogen-bond acceptors (Lipinski definition) is 2. The molecule has 0 aliphatic carbocycles. The van der Waals surface area contributed by atoms with Crippen LogP contribution in [0.4, 0.5) is 0 Å². The van der Waals surface area contributed by atoms with Gasteiger partial charge in [-0.2, -0.15) is 0 Å². The fraction of sp³-hybridized carbons (Fsp3) is 0.538. The average molecular weight is 206 g/mol. The molecule has 0 aromatic carbocycles. The summed E-state index contributed by atoms with van der Waals surface area (Å²) in [5.74, 6) is 0. The minimum absolute atomic E-state index is 1.02. The Morgan fingerprint density at radius 1 is 1.33 bits per heavy atom. The predicted molar refractivity (Wildman–Crippen MR) is 66.8 cm³/mol. The van der Waals surface area contributed by atoms with Crippen LogP contribution < -0.4 is 0 Å². The van der Waals surface area contributed by atoms with Gasteiger partial charge in [0.25, 0.3) is 0 Å². The second kappa shape index (κ2) is 6.59. The maximum atomic E-state index is 3.85. The van der Waals surface area contributed by atoms with Crippen LogP contribution in [0.5, 0.6) is 0 Å². The van der Waals surface area contributed by atoms with Gasteiger partial charge in [0.1, 0.15) is 0 Å². The van der Waals surface area contributed by atoms with Crippen molar-refractivity contribution in [3.05, 3.63) is 36.5 Å². The van der Waals surface area contributed by atoms with Crippen LogP contribution in [-0.4, -0.2) is 42.6 Å². The van der Waals surface area contributed by atoms with Gasteiger partial charge in [-0.1, -0.05) is 37.8 Å². The summed E-state index contributed by atoms with van der Waals surface area (Å²) < 4.78 is 0. The van der Waals surface area contributed by atoms with E-state index in [0.29, 0.717) is 0 Å². The SMILES string of the molecule is C=C/C(=C\C=C/C)CN1CCN(CC)C1. The van der Waals surface area contributed by atoms with Crippen LogP contribution >= 0.6 is 0 Å². The fourth-order valence-corrected chi connectivity index (χ4v) is 1.76. The first-order valence-electron chi connectivity index (χ1n) is 5.69. The minimum atomic E-state index is 1.02. The Labute approximate surface area is 93.6 Å². The second-order valence-electron chi connectivity index (χ2n) is 3.88. The molecule has 0 atom stereocenters. The molecule has 0 unspecified atom stereocenters. The lowest BCUT2D eigenvalue weighted by atomic mass is 10.2. The number of allylic oxidation sites excluding steroid dienone is 3. The standard InChI is InChI=1S/C13H22N2/c1-4-7-8-13(5-2)11-15-10-9-14(6-3)12-15/h4-5,7-8H,2,6,9-12H2,1,3H3/b7-4-,13-8+. The molecule has 1 fully saturated rings. The predicted octanol–water partition coefficient (Wildman–Crippen LogP) is 2.27. The smallest absolute Gasteiger partial charge is 0.0510 e. The van der Waals surface area contributed by atoms with Crippen LogP contribution in [0.1, 0.15) is 13.8 Å². The zero-order chi connectivity index (χ0) is 11.1. The van der Waals surface area contributed by atoms with Crippen LogP contribution in [0.3, 0.4) is 0 Å². The van der Waals surface area contributed by atoms with E-state index in [2.05, 4.69) is 35.5 Å². The molecule has 1 aliphatic heterocycles. The van der Waals surface area contributed by atoms with Crippen LogP contribution in [-0.2, 0) is 0 Å². The normalized spacial score (nSPS) is 20.3. The van der Waals surface area contributed by atoms with E-state index in [9.17, 15) is 0 Å². The van der Waals surface area contributed by atoms with Crippen LogP contribution in [0.2, 0.25) is 0 Å². The molecule has 0 N–H and O–H groups in total. The number of rotatable bonds is 5. The Balaban J connectivity index is 2.43. The van der Waals surface area contributed by atoms with Gasteiger partial charge in [0.2, 0.25) is 0 Å². The van der Waals surface area contributed by atoms with E-state index in [1.807, 2.05) is 19.1 Å². The van der Waals surface area contributed by atoms with E-state index in [1.54, 1.807) is 0 Å². The minimum Gasteiger partial charge on any atom is -0.289 e. The Morgan fingerprint density at radius 2 is 2.07 bits per heavy atom. The molecule has 2 heteroatoms. The molecule has 0 aromatic heterocycles. The molecule has 0 spiro atoms. The molecule has 0 radical (unpaired) electrons. The van der Waals surface area contributed by atoms with Crippen molar-refractivity contribution in [1.29, 1.82) is 0 Å². The Kier molecular flexibility index (Phi) is 5.37. The summed E-state index contributed by atoms with van der Waals surface area (Å²) in [7, 11) is 0. The molecule has 0 bridgehead atoms. The van der Waals surface area contributed by atoms with E-state index < -0.39 is 0 Å². The highest BCUT2D eigenvalue weighted by Gasteiger charge is 2.17. The van der Waals surface area contributed by atoms with Gasteiger partial charge in [-0.25, -0.2) is 0 Å². The maximum absolute atomic E-state index is 3.85. The molecule has 1 saturated heterocycles. The maximum Gasteiger partial charge on any atom is 0.0510 e. The van der Waals surface area contributed by atoms with Gasteiger partial charge in [-0.15, -0.1) is 0 Å². The van der Waals surface area contributed by atoms with Crippen molar-refractivity contribution in [1.82, 2.24) is 9.80 Å². The lowest BCUT2D eigenvalue weighted by molar-refractivity contribution is 0.268. The van der Waals surface area contributed by atoms with Crippen LogP contribution in [0.25, 0.3) is 0 Å². The van der Waals surface area contributed by atoms with Gasteiger partial charge in [0.05, 0.1) is 6.67 Å². The lowest BCUT2D eigenvalue weighted by Crippen LogP contribution is -2.26. The Morgan fingerprint density at radius 3 is 2.60 bits per heavy atom. The number of likely N-dealkylation sites (N-methyl/N-ethyl adjacent to an activating group) is 1. The van der Waals surface area contributed by atoms with Crippen molar-refractivity contribution in [3.63, 3.8) is 0 Å². The van der Waals surface area contributed by atoms with Crippen molar-refractivity contribution in [2.75, 3.05) is 32.8 Å². The molecule has 0 saturated carbocycles. The van der Waals surface area contributed by atoms with Crippen LogP contribution in [0, 0.1) is 0 Å². The van der Waals surface area contributed by atoms with E-state index in [1.165, 1.54) is 18.7 Å². The number of nitrogens with zero attached hydrogens (tertiary/aromatic N) is 2. The van der Waals surface area contributed by atoms with Crippen molar-refractivity contribution in [2.24, 2.45) is 0 Å². The van der Waals surface area contributed by atoms with Gasteiger partial charge < -0.3 is 0 Å². The summed E-state index contributed by atoms with van der Waals surface area (Å²) in [6, 6.07) is 0. The monoisotopic (exact) mass is 206 g/mol. The Bertz CT molecular complexity index is 253. The lowest BCUT2D eigenvalue weighted by Gasteiger charge is -2.16.